The van der Waals surface area contributed by atoms with Crippen LogP contribution in [0.15, 0.2) is 63.9 Å². The highest BCUT2D eigenvalue weighted by Gasteiger charge is 2.06. The Balaban J connectivity index is 2.14. The van der Waals surface area contributed by atoms with Crippen molar-refractivity contribution >= 4 is 23.5 Å². The van der Waals surface area contributed by atoms with E-state index in [0.717, 1.165) is 10.5 Å². The third-order valence-corrected chi connectivity index (χ3v) is 3.32. The van der Waals surface area contributed by atoms with E-state index in [-0.39, 0.29) is 5.69 Å². The van der Waals surface area contributed by atoms with E-state index in [0.29, 0.717) is 12.5 Å². The van der Waals surface area contributed by atoms with E-state index >= 15 is 0 Å². The quantitative estimate of drug-likeness (QED) is 0.274. The zero-order valence-corrected chi connectivity index (χ0v) is 12.2. The largest absolute Gasteiger partial charge is 0.477 e. The molecule has 0 atom stereocenters. The van der Waals surface area contributed by atoms with Gasteiger partial charge in [0.15, 0.2) is 0 Å². The molecule has 6 heteroatoms. The predicted octanol–water partition coefficient (Wildman–Crippen LogP) is 4.09. The Morgan fingerprint density at radius 2 is 1.86 bits per heavy atom. The Bertz CT molecular complexity index is 627. The van der Waals surface area contributed by atoms with Crippen molar-refractivity contribution < 1.29 is 9.66 Å². The maximum absolute atomic E-state index is 10.6. The van der Waals surface area contributed by atoms with Gasteiger partial charge in [0.05, 0.1) is 11.5 Å². The van der Waals surface area contributed by atoms with Gasteiger partial charge in [0.25, 0.3) is 5.69 Å². The third kappa shape index (κ3) is 4.32. The minimum atomic E-state index is -0.423. The molecule has 0 saturated carbocycles. The van der Waals surface area contributed by atoms with Crippen LogP contribution in [0.4, 0.5) is 5.69 Å². The van der Waals surface area contributed by atoms with Gasteiger partial charge in [-0.05, 0) is 31.2 Å². The fraction of sp³-hybridized carbons (Fsp3) is 0.133. The summed E-state index contributed by atoms with van der Waals surface area (Å²) in [4.78, 5) is 11.0. The molecule has 2 aromatic rings. The molecule has 0 unspecified atom stereocenters. The lowest BCUT2D eigenvalue weighted by Crippen LogP contribution is -2.05. The molecule has 0 amide bonds. The Morgan fingerprint density at radius 3 is 2.43 bits per heavy atom. The van der Waals surface area contributed by atoms with Crippen molar-refractivity contribution in [2.75, 3.05) is 6.61 Å². The molecule has 2 aromatic carbocycles. The third-order valence-electron chi connectivity index (χ3n) is 2.58. The molecule has 0 bridgehead atoms. The number of nitro groups is 1. The molecule has 0 saturated heterocycles. The van der Waals surface area contributed by atoms with Crippen LogP contribution in [-0.2, 0) is 4.74 Å². The molecule has 2 rings (SSSR count). The summed E-state index contributed by atoms with van der Waals surface area (Å²) >= 11 is 1.22. The number of hydrogen-bond donors (Lipinski definition) is 0. The van der Waals surface area contributed by atoms with Crippen LogP contribution in [0.1, 0.15) is 12.5 Å². The summed E-state index contributed by atoms with van der Waals surface area (Å²) in [5.74, 6) is 0.543. The number of nitrogens with zero attached hydrogens (tertiary/aromatic N) is 2. The molecule has 5 nitrogen and oxygen atoms in total. The molecule has 108 valence electrons. The average molecular weight is 302 g/mol. The van der Waals surface area contributed by atoms with Crippen molar-refractivity contribution in [3.8, 4) is 0 Å². The van der Waals surface area contributed by atoms with Crippen molar-refractivity contribution in [2.45, 2.75) is 11.8 Å². The highest BCUT2D eigenvalue weighted by molar-refractivity contribution is 7.98. The monoisotopic (exact) mass is 302 g/mol. The second-order valence-corrected chi connectivity index (χ2v) is 4.87. The number of hydrogen-bond acceptors (Lipinski definition) is 5. The minimum absolute atomic E-state index is 0.0661. The smallest absolute Gasteiger partial charge is 0.269 e. The van der Waals surface area contributed by atoms with Crippen LogP contribution < -0.4 is 0 Å². The van der Waals surface area contributed by atoms with Crippen LogP contribution in [0.2, 0.25) is 0 Å². The number of ether oxygens (including phenoxy) is 1. The van der Waals surface area contributed by atoms with Gasteiger partial charge in [-0.2, -0.15) is 4.40 Å². The molecular weight excluding hydrogens is 288 g/mol. The van der Waals surface area contributed by atoms with Crippen molar-refractivity contribution in [3.05, 3.63) is 70.3 Å². The second kappa shape index (κ2) is 7.44. The summed E-state index contributed by atoms with van der Waals surface area (Å²) in [6, 6.07) is 15.9. The van der Waals surface area contributed by atoms with Gasteiger partial charge >= 0.3 is 0 Å². The molecule has 0 aromatic heterocycles. The van der Waals surface area contributed by atoms with Crippen LogP contribution in [0.5, 0.6) is 0 Å². The van der Waals surface area contributed by atoms with Crippen LogP contribution in [0.25, 0.3) is 0 Å². The van der Waals surface area contributed by atoms with Gasteiger partial charge in [-0.3, -0.25) is 10.1 Å². The van der Waals surface area contributed by atoms with Crippen molar-refractivity contribution in [2.24, 2.45) is 4.40 Å². The number of nitro benzene ring substituents is 1. The molecule has 0 radical (unpaired) electrons. The van der Waals surface area contributed by atoms with E-state index < -0.39 is 4.92 Å². The van der Waals surface area contributed by atoms with Gasteiger partial charge in [0.2, 0.25) is 5.90 Å². The molecule has 0 aliphatic carbocycles. The van der Waals surface area contributed by atoms with Gasteiger partial charge in [-0.1, -0.05) is 18.2 Å². The van der Waals surface area contributed by atoms with Gasteiger partial charge < -0.3 is 4.74 Å². The second-order valence-electron chi connectivity index (χ2n) is 4.04. The minimum Gasteiger partial charge on any atom is -0.477 e. The lowest BCUT2D eigenvalue weighted by atomic mass is 10.2. The summed E-state index contributed by atoms with van der Waals surface area (Å²) in [5, 5.41) is 10.6. The van der Waals surface area contributed by atoms with Crippen LogP contribution in [0, 0.1) is 10.1 Å². The standard InChI is InChI=1S/C15H14N2O3S/c1-2-20-15(12-6-4-3-5-7-12)16-21-14-10-8-13(9-11-14)17(18)19/h3-11H,2H2,1H3. The topological polar surface area (TPSA) is 64.7 Å². The van der Waals surface area contributed by atoms with Crippen molar-refractivity contribution in [3.63, 3.8) is 0 Å². The van der Waals surface area contributed by atoms with Crippen molar-refractivity contribution in [1.82, 2.24) is 0 Å². The molecular formula is C15H14N2O3S. The lowest BCUT2D eigenvalue weighted by molar-refractivity contribution is -0.384. The van der Waals surface area contributed by atoms with Crippen LogP contribution >= 0.6 is 11.9 Å². The predicted molar refractivity (Wildman–Crippen MR) is 83.6 cm³/mol. The number of non-ortho nitro benzene ring substituents is 1. The number of benzene rings is 2. The Labute approximate surface area is 127 Å². The molecule has 0 heterocycles. The molecule has 0 aliphatic heterocycles. The molecule has 0 spiro atoms. The first kappa shape index (κ1) is 15.1. The maximum atomic E-state index is 10.6. The van der Waals surface area contributed by atoms with Crippen molar-refractivity contribution in [1.29, 1.82) is 0 Å². The van der Waals surface area contributed by atoms with E-state index in [1.165, 1.54) is 24.1 Å². The zero-order chi connectivity index (χ0) is 15.1. The van der Waals surface area contributed by atoms with Gasteiger partial charge in [-0.15, -0.1) is 0 Å². The maximum Gasteiger partial charge on any atom is 0.269 e. The van der Waals surface area contributed by atoms with E-state index in [4.69, 9.17) is 4.74 Å². The van der Waals surface area contributed by atoms with E-state index in [1.54, 1.807) is 12.1 Å². The van der Waals surface area contributed by atoms with Gasteiger partial charge in [-0.25, -0.2) is 0 Å². The van der Waals surface area contributed by atoms with E-state index in [2.05, 4.69) is 4.40 Å². The molecule has 0 fully saturated rings. The normalized spacial score (nSPS) is 11.2. The Kier molecular flexibility index (Phi) is 5.34. The highest BCUT2D eigenvalue weighted by Crippen LogP contribution is 2.23. The Hall–Kier alpha value is -2.34. The fourth-order valence-electron chi connectivity index (χ4n) is 1.60. The summed E-state index contributed by atoms with van der Waals surface area (Å²) in [6.45, 7) is 2.42. The van der Waals surface area contributed by atoms with Crippen LogP contribution in [0.3, 0.4) is 0 Å². The molecule has 21 heavy (non-hydrogen) atoms. The first-order valence-electron chi connectivity index (χ1n) is 6.38. The summed E-state index contributed by atoms with van der Waals surface area (Å²) in [6.07, 6.45) is 0. The highest BCUT2D eigenvalue weighted by atomic mass is 32.2. The summed E-state index contributed by atoms with van der Waals surface area (Å²) in [5.41, 5.74) is 0.963. The van der Waals surface area contributed by atoms with E-state index in [9.17, 15) is 10.1 Å². The van der Waals surface area contributed by atoms with Gasteiger partial charge in [0, 0.05) is 34.5 Å². The van der Waals surface area contributed by atoms with Crippen LogP contribution in [-0.4, -0.2) is 17.4 Å². The molecule has 0 N–H and O–H groups in total. The first-order chi connectivity index (χ1) is 10.2. The molecule has 0 aliphatic rings. The Morgan fingerprint density at radius 1 is 1.19 bits per heavy atom. The zero-order valence-electron chi connectivity index (χ0n) is 11.4. The SMILES string of the molecule is CCOC(=NSc1ccc([N+](=O)[O-])cc1)c1ccccc1. The lowest BCUT2D eigenvalue weighted by Gasteiger charge is -2.06. The average Bonchev–Trinajstić information content (AvgIpc) is 2.52. The fourth-order valence-corrected chi connectivity index (χ4v) is 2.21. The number of rotatable bonds is 5. The summed E-state index contributed by atoms with van der Waals surface area (Å²) < 4.78 is 9.90. The van der Waals surface area contributed by atoms with E-state index in [1.807, 2.05) is 37.3 Å². The summed E-state index contributed by atoms with van der Waals surface area (Å²) in [7, 11) is 0. The first-order valence-corrected chi connectivity index (χ1v) is 7.15. The van der Waals surface area contributed by atoms with Gasteiger partial charge in [0.1, 0.15) is 0 Å².